The van der Waals surface area contributed by atoms with Gasteiger partial charge < -0.3 is 15.3 Å². The highest BCUT2D eigenvalue weighted by molar-refractivity contribution is 5.26. The van der Waals surface area contributed by atoms with Crippen molar-refractivity contribution in [3.05, 3.63) is 23.3 Å². The molecule has 0 spiro atoms. The first-order chi connectivity index (χ1) is 14.0. The van der Waals surface area contributed by atoms with Gasteiger partial charge in [0.25, 0.3) is 0 Å². The van der Waals surface area contributed by atoms with Crippen LogP contribution in [0.25, 0.3) is 0 Å². The lowest BCUT2D eigenvalue weighted by Crippen LogP contribution is -2.36. The average Bonchev–Trinajstić information content (AvgIpc) is 3.00. The molecular formula is C27H46O3. The zero-order chi connectivity index (χ0) is 22.1. The van der Waals surface area contributed by atoms with Crippen LogP contribution in [0.5, 0.6) is 0 Å². The molecule has 0 heterocycles. The summed E-state index contributed by atoms with van der Waals surface area (Å²) in [5.74, 6) is 2.15. The third-order valence-corrected chi connectivity index (χ3v) is 8.86. The van der Waals surface area contributed by atoms with Crippen LogP contribution in [-0.4, -0.2) is 33.1 Å². The maximum Gasteiger partial charge on any atom is 0.0627 e. The first-order valence-corrected chi connectivity index (χ1v) is 12.5. The number of hydrogen-bond acceptors (Lipinski definition) is 3. The SMILES string of the molecule is CC1[C@H](O)CC(=C/C=C2\CCC[C@@]3(C)C2CCC3[C@H](C)CCCC(C)(C)O)C[C@H]1O. The van der Waals surface area contributed by atoms with Gasteiger partial charge in [-0.15, -0.1) is 0 Å². The molecule has 3 rings (SSSR count). The zero-order valence-electron chi connectivity index (χ0n) is 20.0. The number of hydrogen-bond donors (Lipinski definition) is 3. The van der Waals surface area contributed by atoms with Gasteiger partial charge in [-0.3, -0.25) is 0 Å². The van der Waals surface area contributed by atoms with E-state index in [1.165, 1.54) is 44.1 Å². The van der Waals surface area contributed by atoms with Crippen LogP contribution in [0.2, 0.25) is 0 Å². The predicted molar refractivity (Wildman–Crippen MR) is 124 cm³/mol. The molecule has 0 amide bonds. The van der Waals surface area contributed by atoms with Gasteiger partial charge >= 0.3 is 0 Å². The number of aliphatic hydroxyl groups is 3. The van der Waals surface area contributed by atoms with Crippen molar-refractivity contribution in [2.75, 3.05) is 0 Å². The Balaban J connectivity index is 1.67. The highest BCUT2D eigenvalue weighted by Crippen LogP contribution is 2.60. The van der Waals surface area contributed by atoms with Crippen molar-refractivity contribution in [2.24, 2.45) is 29.1 Å². The van der Waals surface area contributed by atoms with E-state index in [0.717, 1.165) is 18.8 Å². The van der Waals surface area contributed by atoms with E-state index in [4.69, 9.17) is 0 Å². The first kappa shape index (κ1) is 24.0. The standard InChI is InChI=1S/C27H46O3/c1-18(8-6-14-26(3,4)30)22-12-13-23-21(9-7-15-27(22,23)5)11-10-20-16-24(28)19(2)25(29)17-20/h10-11,18-19,22-25,28-30H,6-9,12-17H2,1-5H3/b20-10?,21-11+/t18-,19?,22?,23?,24-,25-,27-/m1/s1. The molecule has 0 bridgehead atoms. The third-order valence-electron chi connectivity index (χ3n) is 8.86. The summed E-state index contributed by atoms with van der Waals surface area (Å²) in [4.78, 5) is 0. The molecule has 0 aliphatic heterocycles. The summed E-state index contributed by atoms with van der Waals surface area (Å²) in [6.07, 6.45) is 14.8. The highest BCUT2D eigenvalue weighted by atomic mass is 16.3. The summed E-state index contributed by atoms with van der Waals surface area (Å²) in [6, 6.07) is 0. The molecule has 3 aliphatic carbocycles. The summed E-state index contributed by atoms with van der Waals surface area (Å²) in [5.41, 5.74) is 2.65. The fourth-order valence-electron chi connectivity index (χ4n) is 6.88. The molecule has 2 unspecified atom stereocenters. The molecule has 3 nitrogen and oxygen atoms in total. The van der Waals surface area contributed by atoms with Crippen LogP contribution in [0.3, 0.4) is 0 Å². The van der Waals surface area contributed by atoms with Crippen LogP contribution >= 0.6 is 0 Å². The Morgan fingerprint density at radius 1 is 1.13 bits per heavy atom. The van der Waals surface area contributed by atoms with Crippen molar-refractivity contribution in [1.82, 2.24) is 0 Å². The van der Waals surface area contributed by atoms with Gasteiger partial charge in [0.1, 0.15) is 0 Å². The van der Waals surface area contributed by atoms with Gasteiger partial charge in [-0.25, -0.2) is 0 Å². The first-order valence-electron chi connectivity index (χ1n) is 12.5. The van der Waals surface area contributed by atoms with Gasteiger partial charge in [-0.05, 0) is 88.4 Å². The number of aliphatic hydroxyl groups excluding tert-OH is 2. The summed E-state index contributed by atoms with van der Waals surface area (Å²) in [5, 5.41) is 30.5. The van der Waals surface area contributed by atoms with Gasteiger partial charge in [0.2, 0.25) is 0 Å². The average molecular weight is 419 g/mol. The zero-order valence-corrected chi connectivity index (χ0v) is 20.0. The second-order valence-electron chi connectivity index (χ2n) is 11.7. The van der Waals surface area contributed by atoms with Crippen molar-refractivity contribution in [3.63, 3.8) is 0 Å². The minimum atomic E-state index is -0.547. The van der Waals surface area contributed by atoms with Crippen LogP contribution in [-0.2, 0) is 0 Å². The van der Waals surface area contributed by atoms with E-state index in [2.05, 4.69) is 26.0 Å². The van der Waals surface area contributed by atoms with Gasteiger partial charge in [0.05, 0.1) is 17.8 Å². The van der Waals surface area contributed by atoms with Crippen molar-refractivity contribution >= 4 is 0 Å². The molecule has 3 heteroatoms. The Hall–Kier alpha value is -0.640. The Labute approximate surface area is 184 Å². The van der Waals surface area contributed by atoms with Crippen LogP contribution in [0.15, 0.2) is 23.3 Å². The fraction of sp³-hybridized carbons (Fsp3) is 0.852. The van der Waals surface area contributed by atoms with Crippen molar-refractivity contribution < 1.29 is 15.3 Å². The van der Waals surface area contributed by atoms with Gasteiger partial charge in [0.15, 0.2) is 0 Å². The molecule has 3 saturated carbocycles. The topological polar surface area (TPSA) is 60.7 Å². The largest absolute Gasteiger partial charge is 0.392 e. The molecule has 30 heavy (non-hydrogen) atoms. The predicted octanol–water partition coefficient (Wildman–Crippen LogP) is 5.78. The Morgan fingerprint density at radius 2 is 1.80 bits per heavy atom. The van der Waals surface area contributed by atoms with Crippen molar-refractivity contribution in [2.45, 2.75) is 117 Å². The second kappa shape index (κ2) is 9.46. The molecule has 0 aromatic carbocycles. The molecule has 0 saturated heterocycles. The van der Waals surface area contributed by atoms with Gasteiger partial charge in [0, 0.05) is 5.92 Å². The molecule has 3 fully saturated rings. The summed E-state index contributed by atoms with van der Waals surface area (Å²) in [7, 11) is 0. The monoisotopic (exact) mass is 418 g/mol. The number of rotatable bonds is 6. The van der Waals surface area contributed by atoms with Crippen LogP contribution in [0, 0.1) is 29.1 Å². The Bertz CT molecular complexity index is 629. The minimum absolute atomic E-state index is 0.0266. The van der Waals surface area contributed by atoms with Crippen molar-refractivity contribution in [3.8, 4) is 0 Å². The van der Waals surface area contributed by atoms with Crippen LogP contribution in [0.1, 0.15) is 98.8 Å². The highest BCUT2D eigenvalue weighted by Gasteiger charge is 2.50. The van der Waals surface area contributed by atoms with Gasteiger partial charge in [-0.2, -0.15) is 0 Å². The molecule has 0 radical (unpaired) electrons. The van der Waals surface area contributed by atoms with Crippen LogP contribution in [0.4, 0.5) is 0 Å². The maximum absolute atomic E-state index is 10.2. The smallest absolute Gasteiger partial charge is 0.0627 e. The lowest BCUT2D eigenvalue weighted by Gasteiger charge is -2.44. The third kappa shape index (κ3) is 5.40. The summed E-state index contributed by atoms with van der Waals surface area (Å²) >= 11 is 0. The molecule has 0 aromatic rings. The van der Waals surface area contributed by atoms with E-state index >= 15 is 0 Å². The summed E-state index contributed by atoms with van der Waals surface area (Å²) < 4.78 is 0. The summed E-state index contributed by atoms with van der Waals surface area (Å²) in [6.45, 7) is 10.8. The molecular weight excluding hydrogens is 372 g/mol. The normalized spacial score (nSPS) is 39.8. The quantitative estimate of drug-likeness (QED) is 0.512. The molecule has 3 aliphatic rings. The lowest BCUT2D eigenvalue weighted by atomic mass is 9.60. The molecule has 172 valence electrons. The van der Waals surface area contributed by atoms with Crippen LogP contribution < -0.4 is 0 Å². The molecule has 3 N–H and O–H groups in total. The fourth-order valence-corrected chi connectivity index (χ4v) is 6.88. The Morgan fingerprint density at radius 3 is 2.43 bits per heavy atom. The minimum Gasteiger partial charge on any atom is -0.392 e. The van der Waals surface area contributed by atoms with E-state index < -0.39 is 17.8 Å². The van der Waals surface area contributed by atoms with E-state index in [0.29, 0.717) is 30.1 Å². The van der Waals surface area contributed by atoms with Crippen molar-refractivity contribution in [1.29, 1.82) is 0 Å². The lowest BCUT2D eigenvalue weighted by molar-refractivity contribution is 0.00406. The Kier molecular flexibility index (Phi) is 7.58. The van der Waals surface area contributed by atoms with Gasteiger partial charge in [-0.1, -0.05) is 56.9 Å². The van der Waals surface area contributed by atoms with E-state index in [1.807, 2.05) is 20.8 Å². The van der Waals surface area contributed by atoms with E-state index in [1.54, 1.807) is 5.57 Å². The maximum atomic E-state index is 10.2. The number of fused-ring (bicyclic) bond motifs is 1. The molecule has 0 aromatic heterocycles. The van der Waals surface area contributed by atoms with E-state index in [9.17, 15) is 15.3 Å². The molecule has 6 atom stereocenters. The second-order valence-corrected chi connectivity index (χ2v) is 11.7. The van der Waals surface area contributed by atoms with E-state index in [-0.39, 0.29) is 5.92 Å². The number of allylic oxidation sites excluding steroid dienone is 3.